The van der Waals surface area contributed by atoms with Gasteiger partial charge in [0, 0.05) is 50.1 Å². The van der Waals surface area contributed by atoms with Crippen LogP contribution in [0.5, 0.6) is 23.0 Å². The molecule has 13 nitrogen and oxygen atoms in total. The summed E-state index contributed by atoms with van der Waals surface area (Å²) in [7, 11) is 3.08. The standard InChI is InChI=1S/C53H79N3O10/c1-7-11-12-13-14-15-16-17-18-25-49(59)56(30-8-2)48-37-45(55-64-10-4)42-34-38(23-19-21-31-57)41(24-20-22-32-58)50-43-35-40(27-29-46(43)66-53(48,51(42)50)63-33-9-3)65-52(60)54-44-28-26-39(61-5)36-47(44)62-6/h9,26-29,34-36,38,41,48,50-51,57-58H,3,7-8,10-25,30-33,37H2,1-2,4-6H3,(H,54,60)/t38-,41+,48-,50+,51+,53+/m0/s1. The van der Waals surface area contributed by atoms with Crippen molar-refractivity contribution in [1.82, 2.24) is 4.90 Å². The summed E-state index contributed by atoms with van der Waals surface area (Å²) in [6.45, 7) is 11.5. The van der Waals surface area contributed by atoms with Gasteiger partial charge in [0.2, 0.25) is 11.7 Å². The van der Waals surface area contributed by atoms with Crippen molar-refractivity contribution < 1.29 is 48.3 Å². The zero-order valence-corrected chi connectivity index (χ0v) is 40.5. The first-order valence-corrected chi connectivity index (χ1v) is 24.9. The highest BCUT2D eigenvalue weighted by atomic mass is 16.7. The molecule has 1 fully saturated rings. The highest BCUT2D eigenvalue weighted by Gasteiger charge is 2.65. The van der Waals surface area contributed by atoms with Crippen LogP contribution in [0.15, 0.2) is 65.9 Å². The molecule has 0 bridgehead atoms. The van der Waals surface area contributed by atoms with E-state index < -0.39 is 23.8 Å². The summed E-state index contributed by atoms with van der Waals surface area (Å²) in [4.78, 5) is 36.2. The lowest BCUT2D eigenvalue weighted by atomic mass is 9.55. The molecule has 2 aromatic carbocycles. The number of anilines is 1. The zero-order chi connectivity index (χ0) is 47.3. The van der Waals surface area contributed by atoms with E-state index in [0.717, 1.165) is 68.2 Å². The van der Waals surface area contributed by atoms with Gasteiger partial charge in [-0.2, -0.15) is 0 Å². The van der Waals surface area contributed by atoms with Crippen LogP contribution < -0.4 is 24.3 Å². The summed E-state index contributed by atoms with van der Waals surface area (Å²) in [6, 6.07) is 10.0. The molecule has 66 heavy (non-hydrogen) atoms. The first kappa shape index (κ1) is 52.4. The van der Waals surface area contributed by atoms with Gasteiger partial charge in [0.1, 0.15) is 35.6 Å². The number of nitrogens with one attached hydrogen (secondary N) is 1. The number of benzene rings is 2. The maximum atomic E-state index is 14.7. The Morgan fingerprint density at radius 3 is 2.26 bits per heavy atom. The van der Waals surface area contributed by atoms with Crippen molar-refractivity contribution in [2.24, 2.45) is 22.9 Å². The predicted octanol–water partition coefficient (Wildman–Crippen LogP) is 11.1. The third-order valence-corrected chi connectivity index (χ3v) is 13.5. The van der Waals surface area contributed by atoms with Crippen LogP contribution in [-0.4, -0.2) is 91.8 Å². The summed E-state index contributed by atoms with van der Waals surface area (Å²) < 4.78 is 31.3. The quantitative estimate of drug-likeness (QED) is 0.0391. The van der Waals surface area contributed by atoms with E-state index in [4.69, 9.17) is 33.7 Å². The van der Waals surface area contributed by atoms with Gasteiger partial charge in [-0.15, -0.1) is 6.58 Å². The molecule has 0 unspecified atom stereocenters. The molecule has 2 amide bonds. The second kappa shape index (κ2) is 27.3. The molecule has 2 aromatic rings. The van der Waals surface area contributed by atoms with Crippen molar-refractivity contribution in [3.05, 3.63) is 66.3 Å². The molecule has 1 heterocycles. The summed E-state index contributed by atoms with van der Waals surface area (Å²) in [6.07, 6.45) is 19.9. The lowest BCUT2D eigenvalue weighted by Gasteiger charge is -2.60. The van der Waals surface area contributed by atoms with E-state index in [2.05, 4.69) is 31.8 Å². The molecule has 366 valence electrons. The van der Waals surface area contributed by atoms with Crippen molar-refractivity contribution in [2.45, 2.75) is 154 Å². The number of allylic oxidation sites excluding steroid dienone is 1. The van der Waals surface area contributed by atoms with Crippen molar-refractivity contribution in [1.29, 1.82) is 0 Å². The number of unbranched alkanes of at least 4 members (excludes halogenated alkanes) is 10. The highest BCUT2D eigenvalue weighted by Crippen LogP contribution is 2.62. The minimum atomic E-state index is -1.35. The van der Waals surface area contributed by atoms with Gasteiger partial charge in [0.25, 0.3) is 0 Å². The number of fused-ring (bicyclic) bond motifs is 2. The Kier molecular flexibility index (Phi) is 21.6. The van der Waals surface area contributed by atoms with Gasteiger partial charge in [-0.05, 0) is 93.2 Å². The number of ether oxygens (including phenoxy) is 5. The van der Waals surface area contributed by atoms with Gasteiger partial charge in [-0.3, -0.25) is 10.1 Å². The molecular formula is C53H79N3O10. The number of aliphatic hydroxyl groups is 2. The number of hydrogen-bond donors (Lipinski definition) is 3. The fourth-order valence-corrected chi connectivity index (χ4v) is 10.4. The van der Waals surface area contributed by atoms with E-state index in [-0.39, 0.29) is 43.5 Å². The number of nitrogens with zero attached hydrogens (tertiary/aromatic N) is 2. The third-order valence-electron chi connectivity index (χ3n) is 13.5. The lowest BCUT2D eigenvalue weighted by Crippen LogP contribution is -2.70. The monoisotopic (exact) mass is 918 g/mol. The second-order valence-corrected chi connectivity index (χ2v) is 17.9. The number of carbonyl (C=O) groups excluding carboxylic acids is 2. The zero-order valence-electron chi connectivity index (χ0n) is 40.5. The maximum Gasteiger partial charge on any atom is 0.417 e. The van der Waals surface area contributed by atoms with Crippen LogP contribution in [0, 0.1) is 17.8 Å². The summed E-state index contributed by atoms with van der Waals surface area (Å²) in [5, 5.41) is 27.5. The molecule has 0 aromatic heterocycles. The summed E-state index contributed by atoms with van der Waals surface area (Å²) in [5.74, 6) is 0.0123. The number of aliphatic hydroxyl groups excluding tert-OH is 2. The van der Waals surface area contributed by atoms with Gasteiger partial charge in [-0.25, -0.2) is 4.79 Å². The number of carbonyl (C=O) groups is 2. The number of hydrogen-bond acceptors (Lipinski definition) is 11. The fraction of sp³-hybridized carbons (Fsp3) is 0.642. The molecule has 0 spiro atoms. The van der Waals surface area contributed by atoms with E-state index in [0.29, 0.717) is 67.5 Å². The van der Waals surface area contributed by atoms with Gasteiger partial charge >= 0.3 is 6.09 Å². The molecule has 2 aliphatic carbocycles. The maximum absolute atomic E-state index is 14.7. The van der Waals surface area contributed by atoms with Crippen LogP contribution in [0.2, 0.25) is 0 Å². The molecule has 3 aliphatic rings. The van der Waals surface area contributed by atoms with Crippen LogP contribution in [0.3, 0.4) is 0 Å². The number of methoxy groups -OCH3 is 2. The minimum absolute atomic E-state index is 0.0235. The first-order chi connectivity index (χ1) is 32.2. The van der Waals surface area contributed by atoms with Crippen LogP contribution in [0.4, 0.5) is 10.5 Å². The third kappa shape index (κ3) is 13.3. The van der Waals surface area contributed by atoms with Gasteiger partial charge < -0.3 is 43.6 Å². The van der Waals surface area contributed by atoms with Crippen LogP contribution in [0.25, 0.3) is 0 Å². The smallest absolute Gasteiger partial charge is 0.417 e. The molecule has 3 N–H and O–H groups in total. The Balaban J connectivity index is 1.60. The second-order valence-electron chi connectivity index (χ2n) is 17.9. The summed E-state index contributed by atoms with van der Waals surface area (Å²) >= 11 is 0. The normalized spacial score (nSPS) is 22.3. The van der Waals surface area contributed by atoms with E-state index >= 15 is 0 Å². The van der Waals surface area contributed by atoms with Gasteiger partial charge in [0.15, 0.2) is 0 Å². The van der Waals surface area contributed by atoms with E-state index in [1.165, 1.54) is 45.6 Å². The van der Waals surface area contributed by atoms with Gasteiger partial charge in [0.05, 0.1) is 38.1 Å². The number of oxime groups is 1. The summed E-state index contributed by atoms with van der Waals surface area (Å²) in [5.41, 5.74) is 3.01. The molecule has 0 saturated heterocycles. The Morgan fingerprint density at radius 2 is 1.59 bits per heavy atom. The fourth-order valence-electron chi connectivity index (χ4n) is 10.4. The molecule has 1 saturated carbocycles. The topological polar surface area (TPSA) is 158 Å². The van der Waals surface area contributed by atoms with E-state index in [1.54, 1.807) is 37.5 Å². The van der Waals surface area contributed by atoms with Crippen molar-refractivity contribution in [2.75, 3.05) is 52.5 Å². The highest BCUT2D eigenvalue weighted by molar-refractivity contribution is 6.03. The van der Waals surface area contributed by atoms with Crippen molar-refractivity contribution in [3.8, 4) is 23.0 Å². The average Bonchev–Trinajstić information content (AvgIpc) is 3.32. The molecule has 13 heteroatoms. The van der Waals surface area contributed by atoms with Crippen molar-refractivity contribution >= 4 is 23.4 Å². The number of rotatable bonds is 30. The first-order valence-electron chi connectivity index (χ1n) is 24.9. The Bertz CT molecular complexity index is 1900. The molecule has 5 rings (SSSR count). The predicted molar refractivity (Wildman–Crippen MR) is 260 cm³/mol. The SMILES string of the molecule is C=CCO[C@@]12Oc3ccc(OC(=O)Nc4ccc(OC)cc4OC)cc3[C@H]3[C@H](CCCCO)[C@@H](CCCCO)C=C(C(=NOCC)C[C@@H]1N(CCC)C(=O)CCCCCCCCCCC)[C@H]32. The lowest BCUT2D eigenvalue weighted by molar-refractivity contribution is -0.257. The van der Waals surface area contributed by atoms with Crippen LogP contribution in [0.1, 0.15) is 148 Å². The molecular weight excluding hydrogens is 839 g/mol. The van der Waals surface area contributed by atoms with Crippen LogP contribution >= 0.6 is 0 Å². The van der Waals surface area contributed by atoms with E-state index in [1.807, 2.05) is 24.0 Å². The molecule has 0 radical (unpaired) electrons. The van der Waals surface area contributed by atoms with Gasteiger partial charge in [-0.1, -0.05) is 95.4 Å². The Labute approximate surface area is 394 Å². The van der Waals surface area contributed by atoms with Crippen LogP contribution in [-0.2, 0) is 14.4 Å². The van der Waals surface area contributed by atoms with Crippen molar-refractivity contribution in [3.63, 3.8) is 0 Å². The number of amides is 2. The average molecular weight is 918 g/mol. The minimum Gasteiger partial charge on any atom is -0.497 e. The Morgan fingerprint density at radius 1 is 0.879 bits per heavy atom. The largest absolute Gasteiger partial charge is 0.497 e. The molecule has 1 aliphatic heterocycles. The Hall–Kier alpha value is -4.59. The molecule has 6 atom stereocenters. The van der Waals surface area contributed by atoms with E-state index in [9.17, 15) is 19.8 Å².